The van der Waals surface area contributed by atoms with Gasteiger partial charge in [-0.2, -0.15) is 0 Å². The van der Waals surface area contributed by atoms with Crippen molar-refractivity contribution in [3.63, 3.8) is 0 Å². The SMILES string of the molecule is COc1ccc(-n2c(=O)c(CCC(=O)OCC(=O)c3ccc(SC)cc3)nc3ccccc32)cc1. The first-order valence-corrected chi connectivity index (χ1v) is 12.2. The van der Waals surface area contributed by atoms with Crippen molar-refractivity contribution < 1.29 is 19.1 Å². The predicted octanol–water partition coefficient (Wildman–Crippen LogP) is 4.47. The van der Waals surface area contributed by atoms with Gasteiger partial charge in [-0.1, -0.05) is 24.3 Å². The number of aryl methyl sites for hydroxylation is 1. The number of hydrogen-bond donors (Lipinski definition) is 0. The van der Waals surface area contributed by atoms with Gasteiger partial charge in [0.05, 0.1) is 24.6 Å². The summed E-state index contributed by atoms with van der Waals surface area (Å²) in [5, 5.41) is 0. The molecule has 0 saturated carbocycles. The minimum atomic E-state index is -0.565. The molecule has 35 heavy (non-hydrogen) atoms. The normalized spacial score (nSPS) is 10.8. The van der Waals surface area contributed by atoms with Crippen molar-refractivity contribution in [1.29, 1.82) is 0 Å². The van der Waals surface area contributed by atoms with Gasteiger partial charge in [-0.3, -0.25) is 19.0 Å². The molecule has 0 amide bonds. The second kappa shape index (κ2) is 11.0. The fraction of sp³-hybridized carbons (Fsp3) is 0.185. The molecular weight excluding hydrogens is 464 g/mol. The van der Waals surface area contributed by atoms with Crippen molar-refractivity contribution in [1.82, 2.24) is 9.55 Å². The third kappa shape index (κ3) is 5.60. The largest absolute Gasteiger partial charge is 0.497 e. The van der Waals surface area contributed by atoms with Gasteiger partial charge in [0.25, 0.3) is 5.56 Å². The summed E-state index contributed by atoms with van der Waals surface area (Å²) in [7, 11) is 1.58. The molecule has 1 heterocycles. The van der Waals surface area contributed by atoms with Crippen LogP contribution in [-0.2, 0) is 16.0 Å². The molecule has 178 valence electrons. The number of carbonyl (C=O) groups is 2. The third-order valence-electron chi connectivity index (χ3n) is 5.50. The van der Waals surface area contributed by atoms with Crippen LogP contribution in [0.4, 0.5) is 0 Å². The summed E-state index contributed by atoms with van der Waals surface area (Å²) < 4.78 is 11.9. The Bertz CT molecular complexity index is 1410. The maximum absolute atomic E-state index is 13.3. The summed E-state index contributed by atoms with van der Waals surface area (Å²) in [4.78, 5) is 43.5. The van der Waals surface area contributed by atoms with E-state index in [0.29, 0.717) is 28.0 Å². The Labute approximate surface area is 206 Å². The highest BCUT2D eigenvalue weighted by Crippen LogP contribution is 2.19. The maximum atomic E-state index is 13.3. The number of benzene rings is 3. The van der Waals surface area contributed by atoms with Crippen LogP contribution in [0.2, 0.25) is 0 Å². The lowest BCUT2D eigenvalue weighted by molar-refractivity contribution is -0.142. The first-order chi connectivity index (χ1) is 17.0. The molecule has 4 aromatic rings. The molecule has 0 aliphatic carbocycles. The van der Waals surface area contributed by atoms with Gasteiger partial charge in [0.2, 0.25) is 0 Å². The summed E-state index contributed by atoms with van der Waals surface area (Å²) in [6.45, 7) is -0.349. The number of ketones is 1. The predicted molar refractivity (Wildman–Crippen MR) is 136 cm³/mol. The fourth-order valence-corrected chi connectivity index (χ4v) is 4.04. The summed E-state index contributed by atoms with van der Waals surface area (Å²) in [6.07, 6.45) is 1.98. The van der Waals surface area contributed by atoms with Crippen molar-refractivity contribution in [2.45, 2.75) is 17.7 Å². The lowest BCUT2D eigenvalue weighted by Crippen LogP contribution is -2.25. The minimum absolute atomic E-state index is 0.0676. The minimum Gasteiger partial charge on any atom is -0.497 e. The quantitative estimate of drug-likeness (QED) is 0.195. The zero-order chi connectivity index (χ0) is 24.8. The molecule has 0 atom stereocenters. The molecule has 0 saturated heterocycles. The van der Waals surface area contributed by atoms with E-state index in [9.17, 15) is 14.4 Å². The van der Waals surface area contributed by atoms with Crippen LogP contribution in [-0.4, -0.2) is 41.3 Å². The van der Waals surface area contributed by atoms with E-state index in [1.165, 1.54) is 0 Å². The smallest absolute Gasteiger partial charge is 0.306 e. The monoisotopic (exact) mass is 488 g/mol. The Morgan fingerprint density at radius 3 is 2.37 bits per heavy atom. The van der Waals surface area contributed by atoms with Crippen LogP contribution in [0.1, 0.15) is 22.5 Å². The number of carbonyl (C=O) groups excluding carboxylic acids is 2. The summed E-state index contributed by atoms with van der Waals surface area (Å²) in [5.74, 6) is -0.168. The van der Waals surface area contributed by atoms with E-state index in [4.69, 9.17) is 9.47 Å². The molecule has 0 bridgehead atoms. The van der Waals surface area contributed by atoms with Gasteiger partial charge in [-0.25, -0.2) is 4.98 Å². The molecule has 0 fully saturated rings. The topological polar surface area (TPSA) is 87.5 Å². The van der Waals surface area contributed by atoms with E-state index in [0.717, 1.165) is 4.90 Å². The molecule has 4 rings (SSSR count). The van der Waals surface area contributed by atoms with Gasteiger partial charge >= 0.3 is 5.97 Å². The summed E-state index contributed by atoms with van der Waals surface area (Å²) >= 11 is 1.58. The van der Waals surface area contributed by atoms with Gasteiger partial charge in [0, 0.05) is 22.6 Å². The molecule has 1 aromatic heterocycles. The van der Waals surface area contributed by atoms with Crippen LogP contribution >= 0.6 is 11.8 Å². The average molecular weight is 489 g/mol. The van der Waals surface area contributed by atoms with Crippen LogP contribution in [0.3, 0.4) is 0 Å². The Balaban J connectivity index is 1.49. The zero-order valence-corrected chi connectivity index (χ0v) is 20.2. The molecule has 0 N–H and O–H groups in total. The van der Waals surface area contributed by atoms with E-state index < -0.39 is 5.97 Å². The third-order valence-corrected chi connectivity index (χ3v) is 6.24. The van der Waals surface area contributed by atoms with Gasteiger partial charge in [0.15, 0.2) is 12.4 Å². The zero-order valence-electron chi connectivity index (χ0n) is 19.4. The number of esters is 1. The van der Waals surface area contributed by atoms with E-state index in [1.54, 1.807) is 59.8 Å². The molecular formula is C27H24N2O5S. The number of para-hydroxylation sites is 2. The Kier molecular flexibility index (Phi) is 7.62. The van der Waals surface area contributed by atoms with Crippen LogP contribution in [0.25, 0.3) is 16.7 Å². The van der Waals surface area contributed by atoms with Crippen LogP contribution in [0.5, 0.6) is 5.75 Å². The van der Waals surface area contributed by atoms with Gasteiger partial charge in [0.1, 0.15) is 11.4 Å². The van der Waals surface area contributed by atoms with Crippen LogP contribution < -0.4 is 10.3 Å². The Morgan fingerprint density at radius 2 is 1.69 bits per heavy atom. The molecule has 7 nitrogen and oxygen atoms in total. The second-order valence-corrected chi connectivity index (χ2v) is 8.58. The Hall–Kier alpha value is -3.91. The van der Waals surface area contributed by atoms with Crippen LogP contribution in [0.15, 0.2) is 82.5 Å². The number of aromatic nitrogens is 2. The number of fused-ring (bicyclic) bond motifs is 1. The average Bonchev–Trinajstić information content (AvgIpc) is 2.90. The van der Waals surface area contributed by atoms with E-state index in [1.807, 2.05) is 42.7 Å². The first kappa shape index (κ1) is 24.2. The number of hydrogen-bond acceptors (Lipinski definition) is 7. The molecule has 0 unspecified atom stereocenters. The van der Waals surface area contributed by atoms with Crippen molar-refractivity contribution >= 4 is 34.5 Å². The maximum Gasteiger partial charge on any atom is 0.306 e. The van der Waals surface area contributed by atoms with Crippen molar-refractivity contribution in [3.8, 4) is 11.4 Å². The number of nitrogens with zero attached hydrogens (tertiary/aromatic N) is 2. The molecule has 3 aromatic carbocycles. The molecule has 0 aliphatic heterocycles. The van der Waals surface area contributed by atoms with Crippen molar-refractivity contribution in [2.24, 2.45) is 0 Å². The van der Waals surface area contributed by atoms with Gasteiger partial charge < -0.3 is 9.47 Å². The number of rotatable bonds is 9. The van der Waals surface area contributed by atoms with E-state index in [-0.39, 0.29) is 36.5 Å². The fourth-order valence-electron chi connectivity index (χ4n) is 3.63. The van der Waals surface area contributed by atoms with Crippen molar-refractivity contribution in [3.05, 3.63) is 94.4 Å². The van der Waals surface area contributed by atoms with E-state index >= 15 is 0 Å². The number of thioether (sulfide) groups is 1. The lowest BCUT2D eigenvalue weighted by Gasteiger charge is -2.13. The number of methoxy groups -OCH3 is 1. The first-order valence-electron chi connectivity index (χ1n) is 11.0. The molecule has 0 spiro atoms. The summed E-state index contributed by atoms with van der Waals surface area (Å²) in [6, 6.07) is 21.6. The highest BCUT2D eigenvalue weighted by molar-refractivity contribution is 7.98. The lowest BCUT2D eigenvalue weighted by atomic mass is 10.1. The summed E-state index contributed by atoms with van der Waals surface area (Å²) in [5.41, 5.74) is 2.37. The van der Waals surface area contributed by atoms with Gasteiger partial charge in [-0.15, -0.1) is 11.8 Å². The standard InChI is InChI=1S/C27H24N2O5S/c1-33-20-11-9-19(10-12-20)29-24-6-4-3-5-22(24)28-23(27(29)32)15-16-26(31)34-17-25(30)18-7-13-21(35-2)14-8-18/h3-14H,15-17H2,1-2H3. The number of Topliss-reactive ketones (excluding diaryl/α,β-unsaturated/α-hetero) is 1. The van der Waals surface area contributed by atoms with Crippen LogP contribution in [0, 0.1) is 0 Å². The molecule has 8 heteroatoms. The molecule has 0 aliphatic rings. The highest BCUT2D eigenvalue weighted by atomic mass is 32.2. The van der Waals surface area contributed by atoms with Crippen molar-refractivity contribution in [2.75, 3.05) is 20.0 Å². The molecule has 0 radical (unpaired) electrons. The Morgan fingerprint density at radius 1 is 0.971 bits per heavy atom. The van der Waals surface area contributed by atoms with Gasteiger partial charge in [-0.05, 0) is 54.8 Å². The second-order valence-electron chi connectivity index (χ2n) is 7.70. The highest BCUT2D eigenvalue weighted by Gasteiger charge is 2.16. The number of ether oxygens (including phenoxy) is 2. The van der Waals surface area contributed by atoms with E-state index in [2.05, 4.69) is 4.98 Å².